The van der Waals surface area contributed by atoms with Gasteiger partial charge in [0.05, 0.1) is 18.7 Å². The van der Waals surface area contributed by atoms with Crippen molar-refractivity contribution in [1.29, 1.82) is 0 Å². The molecule has 0 aromatic heterocycles. The van der Waals surface area contributed by atoms with Crippen LogP contribution in [0.4, 0.5) is 8.78 Å². The molecule has 2 unspecified atom stereocenters. The molecule has 3 aliphatic rings. The lowest BCUT2D eigenvalue weighted by atomic mass is 9.86. The zero-order chi connectivity index (χ0) is 21.1. The highest BCUT2D eigenvalue weighted by atomic mass is 19.2. The van der Waals surface area contributed by atoms with Crippen LogP contribution in [-0.4, -0.2) is 80.9 Å². The molecule has 0 saturated carbocycles. The second-order valence-electron chi connectivity index (χ2n) is 6.92. The summed E-state index contributed by atoms with van der Waals surface area (Å²) in [6, 6.07) is 0.893. The van der Waals surface area contributed by atoms with E-state index in [1.54, 1.807) is 0 Å². The number of carbonyl (C=O) groups excluding carboxylic acids is 1. The SMILES string of the molecule is NC1=NC2[C@H](CO)N=C(N)N3C[C@H](OC(=O)c4cccc(F)c4F)C(O)(O)C23N1. The molecule has 1 saturated heterocycles. The monoisotopic (exact) mass is 412 g/mol. The Balaban J connectivity index is 1.70. The first-order valence-electron chi connectivity index (χ1n) is 8.56. The predicted molar refractivity (Wildman–Crippen MR) is 93.2 cm³/mol. The van der Waals surface area contributed by atoms with Crippen LogP contribution in [0.1, 0.15) is 10.4 Å². The predicted octanol–water partition coefficient (Wildman–Crippen LogP) is -2.84. The van der Waals surface area contributed by atoms with Gasteiger partial charge in [-0.2, -0.15) is 0 Å². The largest absolute Gasteiger partial charge is 0.451 e. The zero-order valence-electron chi connectivity index (χ0n) is 14.8. The van der Waals surface area contributed by atoms with Crippen LogP contribution in [0.5, 0.6) is 0 Å². The molecule has 1 aromatic carbocycles. The van der Waals surface area contributed by atoms with E-state index in [4.69, 9.17) is 16.2 Å². The van der Waals surface area contributed by atoms with Gasteiger partial charge in [-0.1, -0.05) is 6.07 Å². The Morgan fingerprint density at radius 2 is 2.07 bits per heavy atom. The molecule has 0 radical (unpaired) electrons. The number of aliphatic hydroxyl groups excluding tert-OH is 1. The number of halogens is 2. The molecule has 1 fully saturated rings. The maximum Gasteiger partial charge on any atom is 0.341 e. The van der Waals surface area contributed by atoms with Crippen molar-refractivity contribution >= 4 is 17.9 Å². The number of ether oxygens (including phenoxy) is 1. The molecule has 13 heteroatoms. The molecule has 4 rings (SSSR count). The fourth-order valence-corrected chi connectivity index (χ4v) is 4.03. The fraction of sp³-hybridized carbons (Fsp3) is 0.438. The molecule has 29 heavy (non-hydrogen) atoms. The van der Waals surface area contributed by atoms with Gasteiger partial charge in [0, 0.05) is 0 Å². The average molecular weight is 412 g/mol. The van der Waals surface area contributed by atoms with E-state index in [0.29, 0.717) is 0 Å². The summed E-state index contributed by atoms with van der Waals surface area (Å²) in [5, 5.41) is 34.2. The van der Waals surface area contributed by atoms with Crippen molar-refractivity contribution in [2.24, 2.45) is 21.5 Å². The maximum absolute atomic E-state index is 13.9. The lowest BCUT2D eigenvalue weighted by molar-refractivity contribution is -0.257. The van der Waals surface area contributed by atoms with Crippen LogP contribution in [0.15, 0.2) is 28.2 Å². The van der Waals surface area contributed by atoms with Gasteiger partial charge in [-0.3, -0.25) is 0 Å². The lowest BCUT2D eigenvalue weighted by Gasteiger charge is -2.48. The topological polar surface area (TPSA) is 179 Å². The number of benzene rings is 1. The first-order valence-corrected chi connectivity index (χ1v) is 8.56. The Bertz CT molecular complexity index is 940. The number of hydrogen-bond donors (Lipinski definition) is 6. The Labute approximate surface area is 162 Å². The molecule has 1 aromatic rings. The third kappa shape index (κ3) is 2.47. The first kappa shape index (κ1) is 19.3. The van der Waals surface area contributed by atoms with Crippen LogP contribution in [0.2, 0.25) is 0 Å². The third-order valence-corrected chi connectivity index (χ3v) is 5.36. The summed E-state index contributed by atoms with van der Waals surface area (Å²) in [6.45, 7) is -0.885. The molecule has 4 atom stereocenters. The van der Waals surface area contributed by atoms with Crippen LogP contribution in [-0.2, 0) is 4.74 Å². The van der Waals surface area contributed by atoms with Crippen molar-refractivity contribution in [2.75, 3.05) is 13.2 Å². The quantitative estimate of drug-likeness (QED) is 0.225. The van der Waals surface area contributed by atoms with E-state index >= 15 is 0 Å². The zero-order valence-corrected chi connectivity index (χ0v) is 14.8. The highest BCUT2D eigenvalue weighted by molar-refractivity contribution is 5.90. The van der Waals surface area contributed by atoms with E-state index in [-0.39, 0.29) is 18.5 Å². The van der Waals surface area contributed by atoms with Crippen molar-refractivity contribution in [3.8, 4) is 0 Å². The Kier molecular flexibility index (Phi) is 4.15. The molecule has 156 valence electrons. The van der Waals surface area contributed by atoms with Gasteiger partial charge in [0.2, 0.25) is 5.79 Å². The number of carbonyl (C=O) groups is 1. The van der Waals surface area contributed by atoms with Crippen LogP contribution < -0.4 is 16.8 Å². The summed E-state index contributed by atoms with van der Waals surface area (Å²) in [4.78, 5) is 21.7. The number of guanidine groups is 2. The van der Waals surface area contributed by atoms with Gasteiger partial charge in [-0.25, -0.2) is 23.6 Å². The second kappa shape index (κ2) is 6.23. The van der Waals surface area contributed by atoms with Gasteiger partial charge < -0.3 is 41.7 Å². The summed E-state index contributed by atoms with van der Waals surface area (Å²) in [5.74, 6) is -7.19. The highest BCUT2D eigenvalue weighted by Crippen LogP contribution is 2.45. The van der Waals surface area contributed by atoms with Crippen molar-refractivity contribution in [3.05, 3.63) is 35.4 Å². The normalized spacial score (nSPS) is 32.0. The van der Waals surface area contributed by atoms with Crippen LogP contribution in [0.25, 0.3) is 0 Å². The average Bonchev–Trinajstić information content (AvgIpc) is 3.12. The van der Waals surface area contributed by atoms with E-state index in [2.05, 4.69) is 15.3 Å². The molecular weight excluding hydrogens is 394 g/mol. The molecule has 11 nitrogen and oxygen atoms in total. The van der Waals surface area contributed by atoms with Gasteiger partial charge in [0.1, 0.15) is 12.1 Å². The number of nitrogens with one attached hydrogen (secondary N) is 1. The molecular formula is C16H18F2N6O5. The summed E-state index contributed by atoms with van der Waals surface area (Å²) in [6.07, 6.45) is -1.67. The van der Waals surface area contributed by atoms with E-state index in [1.807, 2.05) is 0 Å². The number of nitrogens with zero attached hydrogens (tertiary/aromatic N) is 3. The van der Waals surface area contributed by atoms with Crippen molar-refractivity contribution in [2.45, 2.75) is 29.6 Å². The van der Waals surface area contributed by atoms with Crippen molar-refractivity contribution in [1.82, 2.24) is 10.2 Å². The minimum Gasteiger partial charge on any atom is -0.451 e. The van der Waals surface area contributed by atoms with E-state index in [9.17, 15) is 28.9 Å². The number of hydrogen-bond acceptors (Lipinski definition) is 11. The molecule has 3 aliphatic heterocycles. The Morgan fingerprint density at radius 3 is 2.76 bits per heavy atom. The molecule has 8 N–H and O–H groups in total. The molecule has 0 amide bonds. The number of esters is 1. The third-order valence-electron chi connectivity index (χ3n) is 5.36. The molecule has 0 bridgehead atoms. The number of rotatable bonds is 3. The standard InChI is InChI=1S/C16H18F2N6O5/c17-7-3-1-2-6(10(7)18)12(26)29-9-4-24-14(20)21-8(5-25)11-15(24,16(9,27)28)23-13(19)22-11/h1-3,8-9,11,25,27-28H,4-5H2,(H2,20,21)(H3,19,22,23)/t8-,9-,11?,15?/m0/s1. The van der Waals surface area contributed by atoms with Crippen LogP contribution in [0, 0.1) is 11.6 Å². The van der Waals surface area contributed by atoms with E-state index in [1.165, 1.54) is 4.90 Å². The minimum absolute atomic E-state index is 0.168. The van der Waals surface area contributed by atoms with Gasteiger partial charge in [-0.15, -0.1) is 0 Å². The second-order valence-corrected chi connectivity index (χ2v) is 6.92. The molecule has 0 aliphatic carbocycles. The van der Waals surface area contributed by atoms with Crippen molar-refractivity contribution in [3.63, 3.8) is 0 Å². The number of aliphatic imine (C=N–C) groups is 2. The summed E-state index contributed by atoms with van der Waals surface area (Å²) in [5.41, 5.74) is 9.03. The van der Waals surface area contributed by atoms with E-state index < -0.39 is 59.4 Å². The summed E-state index contributed by atoms with van der Waals surface area (Å²) >= 11 is 0. The Hall–Kier alpha value is -3.03. The van der Waals surface area contributed by atoms with E-state index in [0.717, 1.165) is 18.2 Å². The Morgan fingerprint density at radius 1 is 1.34 bits per heavy atom. The van der Waals surface area contributed by atoms with Gasteiger partial charge >= 0.3 is 5.97 Å². The molecule has 3 heterocycles. The highest BCUT2D eigenvalue weighted by Gasteiger charge is 2.74. The smallest absolute Gasteiger partial charge is 0.341 e. The van der Waals surface area contributed by atoms with Crippen LogP contribution >= 0.6 is 0 Å². The minimum atomic E-state index is -2.84. The maximum atomic E-state index is 13.9. The van der Waals surface area contributed by atoms with Crippen LogP contribution in [0.3, 0.4) is 0 Å². The summed E-state index contributed by atoms with van der Waals surface area (Å²) in [7, 11) is 0. The number of aliphatic hydroxyl groups is 3. The first-order chi connectivity index (χ1) is 13.6. The van der Waals surface area contributed by atoms with Crippen molar-refractivity contribution < 1.29 is 33.6 Å². The fourth-order valence-electron chi connectivity index (χ4n) is 4.03. The molecule has 1 spiro atoms. The number of nitrogens with two attached hydrogens (primary N) is 2. The van der Waals surface area contributed by atoms with Gasteiger partial charge in [0.15, 0.2) is 35.3 Å². The lowest BCUT2D eigenvalue weighted by Crippen LogP contribution is -2.77. The van der Waals surface area contributed by atoms with Gasteiger partial charge in [0.25, 0.3) is 0 Å². The van der Waals surface area contributed by atoms with Gasteiger partial charge in [-0.05, 0) is 12.1 Å². The summed E-state index contributed by atoms with van der Waals surface area (Å²) < 4.78 is 32.4.